The Bertz CT molecular complexity index is 66.1. The van der Waals surface area contributed by atoms with Crippen molar-refractivity contribution in [3.05, 3.63) is 0 Å². The van der Waals surface area contributed by atoms with Gasteiger partial charge in [0.25, 0.3) is 0 Å². The maximum atomic E-state index is 2.42. The molecule has 12 heavy (non-hydrogen) atoms. The van der Waals surface area contributed by atoms with Crippen LogP contribution in [0, 0.1) is 0 Å². The molecular formula is C8H20Cl2NTi. The third-order valence-corrected chi connectivity index (χ3v) is 2.26. The fourth-order valence-electron chi connectivity index (χ4n) is 0.810. The minimum Gasteiger partial charge on any atom is -0.147 e. The third kappa shape index (κ3) is 13.8. The third-order valence-electron chi connectivity index (χ3n) is 1.56. The predicted octanol–water partition coefficient (Wildman–Crippen LogP) is 3.19. The maximum Gasteiger partial charge on any atom is -0.147 e. The number of hydrogen-bond donors (Lipinski definition) is 0. The second kappa shape index (κ2) is 14.8. The van der Waals surface area contributed by atoms with Crippen molar-refractivity contribution in [3.8, 4) is 0 Å². The van der Waals surface area contributed by atoms with E-state index in [1.165, 1.54) is 38.8 Å². The van der Waals surface area contributed by atoms with E-state index >= 15 is 0 Å². The van der Waals surface area contributed by atoms with E-state index in [2.05, 4.69) is 37.9 Å². The Morgan fingerprint density at radius 3 is 1.50 bits per heavy atom. The van der Waals surface area contributed by atoms with E-state index in [0.717, 1.165) is 0 Å². The Hall–Kier alpha value is 1.25. The van der Waals surface area contributed by atoms with Crippen LogP contribution >= 0.6 is 24.8 Å². The topological polar surface area (TPSA) is 3.24 Å². The van der Waals surface area contributed by atoms with E-state index in [1.54, 1.807) is 0 Å². The van der Waals surface area contributed by atoms with Crippen LogP contribution in [0.2, 0.25) is 0 Å². The zero-order valence-electron chi connectivity index (χ0n) is 8.01. The number of rotatable bonds is 6. The van der Waals surface area contributed by atoms with Crippen LogP contribution in [-0.2, 0) is 20.7 Å². The normalized spacial score (nSPS) is 8.83. The Morgan fingerprint density at radius 2 is 1.25 bits per heavy atom. The molecule has 0 unspecified atom stereocenters. The molecule has 0 amide bonds. The molecule has 0 N–H and O–H groups in total. The van der Waals surface area contributed by atoms with Crippen LogP contribution in [0.5, 0.6) is 0 Å². The first kappa shape index (κ1) is 18.9. The maximum absolute atomic E-state index is 2.42. The second-order valence-electron chi connectivity index (χ2n) is 2.69. The van der Waals surface area contributed by atoms with E-state index < -0.39 is 0 Å². The van der Waals surface area contributed by atoms with Gasteiger partial charge in [-0.1, -0.05) is 0 Å². The Kier molecular flexibility index (Phi) is 23.3. The molecule has 4 heteroatoms. The average molecular weight is 249 g/mol. The zero-order chi connectivity index (χ0) is 7.82. The van der Waals surface area contributed by atoms with Crippen molar-refractivity contribution in [3.63, 3.8) is 0 Å². The van der Waals surface area contributed by atoms with E-state index in [-0.39, 0.29) is 24.8 Å². The minimum atomic E-state index is 0. The summed E-state index contributed by atoms with van der Waals surface area (Å²) in [6.45, 7) is 7.04. The first-order chi connectivity index (χ1) is 4.81. The zero-order valence-corrected chi connectivity index (χ0v) is 11.2. The van der Waals surface area contributed by atoms with Crippen LogP contribution in [0.1, 0.15) is 39.5 Å². The number of halogens is 2. The van der Waals surface area contributed by atoms with Crippen molar-refractivity contribution < 1.29 is 20.7 Å². The molecule has 0 atom stereocenters. The summed E-state index contributed by atoms with van der Waals surface area (Å²) in [6.07, 6.45) is 5.33. The molecule has 0 aromatic carbocycles. The van der Waals surface area contributed by atoms with Crippen LogP contribution < -0.4 is 0 Å². The van der Waals surface area contributed by atoms with Gasteiger partial charge < -0.3 is 0 Å². The standard InChI is InChI=1S/C8H18N.2ClH.Ti/c1-3-5-7-9-8-6-4-2;;;/h3-8H2,1-2H3;2*1H;/q-1;;;+1. The van der Waals surface area contributed by atoms with Gasteiger partial charge in [-0.2, -0.15) is 0 Å². The van der Waals surface area contributed by atoms with Gasteiger partial charge in [-0.15, -0.1) is 24.8 Å². The fourth-order valence-corrected chi connectivity index (χ4v) is 1.30. The van der Waals surface area contributed by atoms with Gasteiger partial charge in [-0.05, 0) is 0 Å². The summed E-state index contributed by atoms with van der Waals surface area (Å²) in [5.41, 5.74) is 0. The van der Waals surface area contributed by atoms with E-state index in [4.69, 9.17) is 0 Å². The Labute approximate surface area is 101 Å². The van der Waals surface area contributed by atoms with Gasteiger partial charge in [0.1, 0.15) is 0 Å². The van der Waals surface area contributed by atoms with Gasteiger partial charge in [-0.3, -0.25) is 0 Å². The molecule has 0 fully saturated rings. The van der Waals surface area contributed by atoms with Crippen LogP contribution in [-0.4, -0.2) is 16.5 Å². The summed E-state index contributed by atoms with van der Waals surface area (Å²) in [5, 5.41) is 0. The summed E-state index contributed by atoms with van der Waals surface area (Å²) in [5.74, 6) is 0. The summed E-state index contributed by atoms with van der Waals surface area (Å²) in [7, 11) is 0. The Morgan fingerprint density at radius 1 is 0.917 bits per heavy atom. The smallest absolute Gasteiger partial charge is 0.147 e. The quantitative estimate of drug-likeness (QED) is 0.653. The van der Waals surface area contributed by atoms with Crippen molar-refractivity contribution >= 4 is 24.8 Å². The molecule has 0 aliphatic heterocycles. The molecule has 0 bridgehead atoms. The molecule has 0 aliphatic carbocycles. The summed E-state index contributed by atoms with van der Waals surface area (Å²) in [4.78, 5) is 0. The van der Waals surface area contributed by atoms with Crippen molar-refractivity contribution in [2.24, 2.45) is 0 Å². The van der Waals surface area contributed by atoms with Gasteiger partial charge in [0.2, 0.25) is 0 Å². The average Bonchev–Trinajstić information content (AvgIpc) is 1.97. The SMILES string of the molecule is CCCC[N]([Ti])CCCC.Cl.Cl. The van der Waals surface area contributed by atoms with Crippen molar-refractivity contribution in [1.82, 2.24) is 3.38 Å². The molecule has 0 aromatic heterocycles. The van der Waals surface area contributed by atoms with Crippen molar-refractivity contribution in [1.29, 1.82) is 0 Å². The molecule has 0 saturated carbocycles. The van der Waals surface area contributed by atoms with Crippen LogP contribution in [0.25, 0.3) is 0 Å². The van der Waals surface area contributed by atoms with Crippen LogP contribution in [0.15, 0.2) is 0 Å². The molecular weight excluding hydrogens is 229 g/mol. The van der Waals surface area contributed by atoms with Gasteiger partial charge in [0, 0.05) is 0 Å². The van der Waals surface area contributed by atoms with E-state index in [1.807, 2.05) is 0 Å². The minimum absolute atomic E-state index is 0. The molecule has 0 aliphatic rings. The summed E-state index contributed by atoms with van der Waals surface area (Å²) in [6, 6.07) is 0. The molecule has 0 saturated heterocycles. The van der Waals surface area contributed by atoms with Gasteiger partial charge in [-0.25, -0.2) is 0 Å². The Balaban J connectivity index is -0.000000405. The number of hydrogen-bond acceptors (Lipinski definition) is 1. The number of nitrogens with zero attached hydrogens (tertiary/aromatic N) is 1. The second-order valence-corrected chi connectivity index (χ2v) is 3.68. The molecule has 1 nitrogen and oxygen atoms in total. The fraction of sp³-hybridized carbons (Fsp3) is 1.00. The monoisotopic (exact) mass is 248 g/mol. The van der Waals surface area contributed by atoms with E-state index in [0.29, 0.717) is 0 Å². The van der Waals surface area contributed by atoms with Gasteiger partial charge in [0.15, 0.2) is 0 Å². The number of unbranched alkanes of at least 4 members (excludes halogenated alkanes) is 2. The van der Waals surface area contributed by atoms with Crippen LogP contribution in [0.4, 0.5) is 0 Å². The molecule has 0 aromatic rings. The largest absolute Gasteiger partial charge is 0.147 e. The van der Waals surface area contributed by atoms with Crippen molar-refractivity contribution in [2.75, 3.05) is 13.1 Å². The predicted molar refractivity (Wildman–Crippen MR) is 55.9 cm³/mol. The molecule has 0 heterocycles. The van der Waals surface area contributed by atoms with E-state index in [9.17, 15) is 0 Å². The first-order valence-electron chi connectivity index (χ1n) is 4.27. The van der Waals surface area contributed by atoms with Gasteiger partial charge >= 0.3 is 76.7 Å². The first-order valence-corrected chi connectivity index (χ1v) is 4.97. The summed E-state index contributed by atoms with van der Waals surface area (Å²) < 4.78 is 2.42. The molecule has 75 valence electrons. The van der Waals surface area contributed by atoms with Crippen LogP contribution in [0.3, 0.4) is 0 Å². The summed E-state index contributed by atoms with van der Waals surface area (Å²) >= 11 is 2.21. The molecule has 0 rings (SSSR count). The van der Waals surface area contributed by atoms with Crippen molar-refractivity contribution in [2.45, 2.75) is 39.5 Å². The van der Waals surface area contributed by atoms with Gasteiger partial charge in [0.05, 0.1) is 0 Å². The molecule has 0 radical (unpaired) electrons. The molecule has 0 spiro atoms.